The number of nitrogens with one attached hydrogen (secondary N) is 1. The van der Waals surface area contributed by atoms with E-state index < -0.39 is 5.60 Å². The molecule has 1 rings (SSSR count). The summed E-state index contributed by atoms with van der Waals surface area (Å²) in [6, 6.07) is 7.28. The monoisotopic (exact) mass is 289 g/mol. The van der Waals surface area contributed by atoms with E-state index in [1.165, 1.54) is 6.92 Å². The number of amides is 1. The van der Waals surface area contributed by atoms with Crippen LogP contribution < -0.4 is 5.32 Å². The minimum Gasteiger partial charge on any atom is -0.456 e. The van der Waals surface area contributed by atoms with Gasteiger partial charge in [0, 0.05) is 13.5 Å². The zero-order valence-electron chi connectivity index (χ0n) is 13.1. The second-order valence-corrected chi connectivity index (χ2v) is 5.80. The number of carbonyl (C=O) groups is 2. The Kier molecular flexibility index (Phi) is 6.15. The largest absolute Gasteiger partial charge is 0.456 e. The standard InChI is InChI=1S/C17H23NO3/c1-13(19)18-11-6-5-8-14-9-7-10-15(12-14)16(20)21-17(2,3)4/h5,7-10,12H,6,11H2,1-4H3,(H,18,19). The summed E-state index contributed by atoms with van der Waals surface area (Å²) in [6.45, 7) is 7.63. The van der Waals surface area contributed by atoms with Crippen LogP contribution in [0.5, 0.6) is 0 Å². The normalized spacial score (nSPS) is 11.4. The molecule has 0 atom stereocenters. The van der Waals surface area contributed by atoms with E-state index in [1.54, 1.807) is 12.1 Å². The molecule has 0 heterocycles. The van der Waals surface area contributed by atoms with Gasteiger partial charge >= 0.3 is 5.97 Å². The Hall–Kier alpha value is -2.10. The lowest BCUT2D eigenvalue weighted by Crippen LogP contribution is -2.23. The molecule has 1 aromatic rings. The average Bonchev–Trinajstić information content (AvgIpc) is 2.36. The van der Waals surface area contributed by atoms with Crippen LogP contribution in [-0.4, -0.2) is 24.0 Å². The zero-order valence-corrected chi connectivity index (χ0v) is 13.1. The first-order valence-electron chi connectivity index (χ1n) is 7.02. The highest BCUT2D eigenvalue weighted by atomic mass is 16.6. The van der Waals surface area contributed by atoms with E-state index in [-0.39, 0.29) is 11.9 Å². The molecule has 1 N–H and O–H groups in total. The third-order valence-corrected chi connectivity index (χ3v) is 2.52. The van der Waals surface area contributed by atoms with Gasteiger partial charge in [-0.25, -0.2) is 4.79 Å². The number of hydrogen-bond donors (Lipinski definition) is 1. The Morgan fingerprint density at radius 1 is 1.29 bits per heavy atom. The molecular weight excluding hydrogens is 266 g/mol. The van der Waals surface area contributed by atoms with Crippen molar-refractivity contribution >= 4 is 18.0 Å². The summed E-state index contributed by atoms with van der Waals surface area (Å²) >= 11 is 0. The van der Waals surface area contributed by atoms with Crippen molar-refractivity contribution in [1.29, 1.82) is 0 Å². The van der Waals surface area contributed by atoms with Gasteiger partial charge < -0.3 is 10.1 Å². The molecule has 1 aromatic carbocycles. The second-order valence-electron chi connectivity index (χ2n) is 5.80. The third-order valence-electron chi connectivity index (χ3n) is 2.52. The predicted octanol–water partition coefficient (Wildman–Crippen LogP) is 3.18. The van der Waals surface area contributed by atoms with Crippen molar-refractivity contribution < 1.29 is 14.3 Å². The molecule has 21 heavy (non-hydrogen) atoms. The smallest absolute Gasteiger partial charge is 0.338 e. The maximum Gasteiger partial charge on any atom is 0.338 e. The summed E-state index contributed by atoms with van der Waals surface area (Å²) in [6.07, 6.45) is 4.63. The van der Waals surface area contributed by atoms with Crippen molar-refractivity contribution in [1.82, 2.24) is 5.32 Å². The molecule has 0 aliphatic rings. The highest BCUT2D eigenvalue weighted by Gasteiger charge is 2.17. The summed E-state index contributed by atoms with van der Waals surface area (Å²) in [7, 11) is 0. The minimum atomic E-state index is -0.499. The number of carbonyl (C=O) groups excluding carboxylic acids is 2. The summed E-state index contributed by atoms with van der Waals surface area (Å²) < 4.78 is 5.34. The zero-order chi connectivity index (χ0) is 15.9. The molecule has 0 bridgehead atoms. The first-order chi connectivity index (χ1) is 9.78. The van der Waals surface area contributed by atoms with Gasteiger partial charge in [0.1, 0.15) is 5.60 Å². The molecule has 0 saturated carbocycles. The molecule has 0 aromatic heterocycles. The molecule has 0 unspecified atom stereocenters. The van der Waals surface area contributed by atoms with Crippen LogP contribution in [0.4, 0.5) is 0 Å². The van der Waals surface area contributed by atoms with Crippen LogP contribution in [0.2, 0.25) is 0 Å². The molecule has 114 valence electrons. The fourth-order valence-electron chi connectivity index (χ4n) is 1.66. The van der Waals surface area contributed by atoms with Gasteiger partial charge in [-0.05, 0) is 44.9 Å². The van der Waals surface area contributed by atoms with Crippen molar-refractivity contribution in [3.05, 3.63) is 41.5 Å². The fraction of sp³-hybridized carbons (Fsp3) is 0.412. The molecule has 4 heteroatoms. The van der Waals surface area contributed by atoms with E-state index in [2.05, 4.69) is 5.32 Å². The van der Waals surface area contributed by atoms with Gasteiger partial charge in [-0.1, -0.05) is 24.3 Å². The third kappa shape index (κ3) is 7.30. The number of rotatable bonds is 5. The Labute approximate surface area is 126 Å². The van der Waals surface area contributed by atoms with Crippen LogP contribution in [0.15, 0.2) is 30.3 Å². The van der Waals surface area contributed by atoms with Gasteiger partial charge in [0.15, 0.2) is 0 Å². The molecule has 0 fully saturated rings. The highest BCUT2D eigenvalue weighted by Crippen LogP contribution is 2.14. The maximum absolute atomic E-state index is 12.0. The van der Waals surface area contributed by atoms with Crippen molar-refractivity contribution in [2.24, 2.45) is 0 Å². The van der Waals surface area contributed by atoms with E-state index in [1.807, 2.05) is 45.1 Å². The average molecular weight is 289 g/mol. The van der Waals surface area contributed by atoms with Gasteiger partial charge in [0.25, 0.3) is 0 Å². The predicted molar refractivity (Wildman–Crippen MR) is 83.9 cm³/mol. The van der Waals surface area contributed by atoms with Crippen LogP contribution >= 0.6 is 0 Å². The maximum atomic E-state index is 12.0. The van der Waals surface area contributed by atoms with Crippen molar-refractivity contribution in [3.63, 3.8) is 0 Å². The Bertz CT molecular complexity index is 527. The number of esters is 1. The van der Waals surface area contributed by atoms with Gasteiger partial charge in [0.2, 0.25) is 5.91 Å². The van der Waals surface area contributed by atoms with E-state index in [0.29, 0.717) is 12.1 Å². The van der Waals surface area contributed by atoms with E-state index in [4.69, 9.17) is 4.74 Å². The number of benzene rings is 1. The van der Waals surface area contributed by atoms with Crippen LogP contribution in [0, 0.1) is 0 Å². The molecule has 0 saturated heterocycles. The van der Waals surface area contributed by atoms with E-state index >= 15 is 0 Å². The quantitative estimate of drug-likeness (QED) is 0.669. The Balaban J connectivity index is 2.62. The highest BCUT2D eigenvalue weighted by molar-refractivity contribution is 5.90. The lowest BCUT2D eigenvalue weighted by Gasteiger charge is -2.19. The van der Waals surface area contributed by atoms with Gasteiger partial charge in [0.05, 0.1) is 5.56 Å². The SMILES string of the molecule is CC(=O)NCCC=Cc1cccc(C(=O)OC(C)(C)C)c1. The molecule has 0 aliphatic heterocycles. The Morgan fingerprint density at radius 2 is 2.00 bits per heavy atom. The summed E-state index contributed by atoms with van der Waals surface area (Å²) in [5.41, 5.74) is 0.969. The van der Waals surface area contributed by atoms with Gasteiger partial charge in [-0.2, -0.15) is 0 Å². The molecule has 1 amide bonds. The molecule has 0 radical (unpaired) electrons. The minimum absolute atomic E-state index is 0.0321. The summed E-state index contributed by atoms with van der Waals surface area (Å²) in [5, 5.41) is 2.72. The van der Waals surface area contributed by atoms with Crippen molar-refractivity contribution in [2.75, 3.05) is 6.54 Å². The van der Waals surface area contributed by atoms with E-state index in [9.17, 15) is 9.59 Å². The van der Waals surface area contributed by atoms with Crippen LogP contribution in [0.1, 0.15) is 50.0 Å². The second kappa shape index (κ2) is 7.62. The first kappa shape index (κ1) is 17.0. The lowest BCUT2D eigenvalue weighted by molar-refractivity contribution is -0.118. The molecule has 0 spiro atoms. The number of ether oxygens (including phenoxy) is 1. The van der Waals surface area contributed by atoms with Gasteiger partial charge in [-0.15, -0.1) is 0 Å². The topological polar surface area (TPSA) is 55.4 Å². The van der Waals surface area contributed by atoms with Gasteiger partial charge in [-0.3, -0.25) is 4.79 Å². The van der Waals surface area contributed by atoms with Crippen molar-refractivity contribution in [2.45, 2.75) is 39.7 Å². The van der Waals surface area contributed by atoms with Crippen LogP contribution in [-0.2, 0) is 9.53 Å². The summed E-state index contributed by atoms with van der Waals surface area (Å²) in [5.74, 6) is -0.355. The molecule has 4 nitrogen and oxygen atoms in total. The van der Waals surface area contributed by atoms with Crippen molar-refractivity contribution in [3.8, 4) is 0 Å². The first-order valence-corrected chi connectivity index (χ1v) is 7.02. The fourth-order valence-corrected chi connectivity index (χ4v) is 1.66. The Morgan fingerprint density at radius 3 is 2.62 bits per heavy atom. The van der Waals surface area contributed by atoms with Crippen LogP contribution in [0.3, 0.4) is 0 Å². The molecular formula is C17H23NO3. The molecule has 0 aliphatic carbocycles. The van der Waals surface area contributed by atoms with E-state index in [0.717, 1.165) is 12.0 Å². The van der Waals surface area contributed by atoms with Crippen LogP contribution in [0.25, 0.3) is 6.08 Å². The number of hydrogen-bond acceptors (Lipinski definition) is 3. The lowest BCUT2D eigenvalue weighted by atomic mass is 10.1. The summed E-state index contributed by atoms with van der Waals surface area (Å²) in [4.78, 5) is 22.7.